The lowest BCUT2D eigenvalue weighted by Gasteiger charge is -2.34. The van der Waals surface area contributed by atoms with Crippen LogP contribution in [0.25, 0.3) is 0 Å². The van der Waals surface area contributed by atoms with Gasteiger partial charge in [-0.05, 0) is 73.0 Å². The Morgan fingerprint density at radius 3 is 1.29 bits per heavy atom. The van der Waals surface area contributed by atoms with Gasteiger partial charge in [0.1, 0.15) is 5.75 Å². The molecule has 0 atom stereocenters. The fourth-order valence-corrected chi connectivity index (χ4v) is 11.2. The van der Waals surface area contributed by atoms with E-state index in [2.05, 4.69) is 0 Å². The van der Waals surface area contributed by atoms with Crippen molar-refractivity contribution in [3.05, 3.63) is 28.8 Å². The molecular formula is C29H37F9O7S3. The van der Waals surface area contributed by atoms with Gasteiger partial charge in [-0.2, -0.15) is 47.9 Å². The first-order valence-corrected chi connectivity index (χ1v) is 20.4. The highest BCUT2D eigenvalue weighted by Crippen LogP contribution is 2.54. The zero-order valence-corrected chi connectivity index (χ0v) is 28.1. The summed E-state index contributed by atoms with van der Waals surface area (Å²) in [6, 6.07) is 3.17. The number of rotatable bonds is 11. The zero-order valence-electron chi connectivity index (χ0n) is 25.7. The summed E-state index contributed by atoms with van der Waals surface area (Å²) in [6.07, 6.45) is 10.4. The lowest BCUT2D eigenvalue weighted by atomic mass is 9.75. The van der Waals surface area contributed by atoms with Gasteiger partial charge in [-0.15, -0.1) is 0 Å². The second-order valence-corrected chi connectivity index (χ2v) is 18.9. The third-order valence-corrected chi connectivity index (χ3v) is 15.1. The number of hydrogen-bond acceptors (Lipinski definition) is 7. The molecule has 19 heteroatoms. The molecule has 3 saturated carbocycles. The first kappa shape index (κ1) is 39.0. The van der Waals surface area contributed by atoms with Crippen molar-refractivity contribution >= 4 is 29.8 Å². The lowest BCUT2D eigenvalue weighted by Crippen LogP contribution is -2.62. The van der Waals surface area contributed by atoms with E-state index in [1.807, 2.05) is 0 Å². The zero-order chi connectivity index (χ0) is 36.0. The Balaban J connectivity index is 1.84. The summed E-state index contributed by atoms with van der Waals surface area (Å²) in [4.78, 5) is 0. The fraction of sp³-hybridized carbons (Fsp3) is 0.793. The van der Waals surface area contributed by atoms with E-state index in [4.69, 9.17) is 4.18 Å². The quantitative estimate of drug-likeness (QED) is 0.164. The minimum absolute atomic E-state index is 0.0248. The van der Waals surface area contributed by atoms with Gasteiger partial charge in [0.25, 0.3) is 9.84 Å². The Kier molecular flexibility index (Phi) is 11.2. The normalized spacial score (nSPS) is 20.9. The van der Waals surface area contributed by atoms with E-state index in [1.54, 1.807) is 12.1 Å². The van der Waals surface area contributed by atoms with Crippen LogP contribution in [0.5, 0.6) is 5.75 Å². The van der Waals surface area contributed by atoms with Gasteiger partial charge in [0.05, 0.1) is 0 Å². The molecule has 0 N–H and O–H groups in total. The van der Waals surface area contributed by atoms with Crippen LogP contribution in [-0.2, 0) is 29.8 Å². The minimum atomic E-state index is -7.63. The molecule has 1 aromatic rings. The molecule has 0 radical (unpaired) electrons. The molecule has 276 valence electrons. The summed E-state index contributed by atoms with van der Waals surface area (Å²) in [7, 11) is -22.0. The molecule has 0 unspecified atom stereocenters. The Morgan fingerprint density at radius 1 is 0.542 bits per heavy atom. The van der Waals surface area contributed by atoms with Crippen LogP contribution in [0.15, 0.2) is 12.1 Å². The number of sulfone groups is 2. The van der Waals surface area contributed by atoms with Crippen LogP contribution in [-0.4, -0.2) is 52.3 Å². The van der Waals surface area contributed by atoms with Gasteiger partial charge in [-0.25, -0.2) is 16.8 Å². The van der Waals surface area contributed by atoms with Crippen molar-refractivity contribution < 1.29 is 69.0 Å². The highest BCUT2D eigenvalue weighted by Gasteiger charge is 2.83. The number of halogens is 9. The molecule has 0 amide bonds. The molecule has 0 aliphatic heterocycles. The number of alkyl halides is 9. The summed E-state index contributed by atoms with van der Waals surface area (Å²) in [5.74, 6) is -9.14. The molecule has 4 rings (SSSR count). The maximum absolute atomic E-state index is 15.3. The van der Waals surface area contributed by atoms with Gasteiger partial charge in [0.2, 0.25) is 9.84 Å². The molecule has 0 bridgehead atoms. The summed E-state index contributed by atoms with van der Waals surface area (Å²) in [5.41, 5.74) is -5.52. The van der Waals surface area contributed by atoms with Crippen LogP contribution < -0.4 is 4.18 Å². The van der Waals surface area contributed by atoms with Gasteiger partial charge in [0, 0.05) is 0 Å². The number of benzene rings is 1. The van der Waals surface area contributed by atoms with Crippen molar-refractivity contribution in [2.75, 3.05) is 5.08 Å². The lowest BCUT2D eigenvalue weighted by molar-refractivity contribution is -0.245. The molecule has 0 aromatic heterocycles. The van der Waals surface area contributed by atoms with E-state index in [9.17, 15) is 56.0 Å². The molecular weight excluding hydrogens is 727 g/mol. The molecule has 0 heterocycles. The minimum Gasteiger partial charge on any atom is -0.377 e. The van der Waals surface area contributed by atoms with Gasteiger partial charge < -0.3 is 4.18 Å². The highest BCUT2D eigenvalue weighted by atomic mass is 32.3. The molecule has 3 aliphatic rings. The van der Waals surface area contributed by atoms with Crippen LogP contribution in [0.4, 0.5) is 39.5 Å². The molecule has 1 aromatic carbocycles. The fourth-order valence-electron chi connectivity index (χ4n) is 6.93. The smallest absolute Gasteiger partial charge is 0.377 e. The molecule has 3 aliphatic carbocycles. The SMILES string of the molecule is O=S(=O)(CS(=O)(=O)C(F)(F)C(F)(F)C(F)(F)S(=O)(=O)Oc1c(C2CCCCC2)cc(C2CCCCC2)cc1C1CCCCC1)C(F)(F)F. The van der Waals surface area contributed by atoms with Gasteiger partial charge in [0.15, 0.2) is 5.08 Å². The Labute approximate surface area is 273 Å². The summed E-state index contributed by atoms with van der Waals surface area (Å²) < 4.78 is 205. The Bertz CT molecular complexity index is 1600. The Morgan fingerprint density at radius 2 is 0.917 bits per heavy atom. The first-order valence-electron chi connectivity index (χ1n) is 15.7. The van der Waals surface area contributed by atoms with Crippen LogP contribution in [0.3, 0.4) is 0 Å². The molecule has 48 heavy (non-hydrogen) atoms. The van der Waals surface area contributed by atoms with Crippen LogP contribution in [0, 0.1) is 0 Å². The predicted molar refractivity (Wildman–Crippen MR) is 157 cm³/mol. The van der Waals surface area contributed by atoms with E-state index in [1.165, 1.54) is 0 Å². The monoisotopic (exact) mass is 764 g/mol. The van der Waals surface area contributed by atoms with E-state index < -0.39 is 74.4 Å². The van der Waals surface area contributed by atoms with Gasteiger partial charge in [-0.3, -0.25) is 0 Å². The van der Waals surface area contributed by atoms with E-state index >= 15 is 8.78 Å². The van der Waals surface area contributed by atoms with E-state index in [0.717, 1.165) is 50.5 Å². The molecule has 0 saturated heterocycles. The first-order chi connectivity index (χ1) is 22.0. The highest BCUT2D eigenvalue weighted by molar-refractivity contribution is 8.08. The number of hydrogen-bond donors (Lipinski definition) is 0. The van der Waals surface area contributed by atoms with Crippen molar-refractivity contribution in [2.45, 2.75) is 136 Å². The standard InChI is InChI=1S/C29H37F9O7S3/c30-26(31,27(32,33)46(39,40)18-47(41,42)29(36,37)38)28(34,35)48(43,44)45-25-23(20-12-6-2-7-13-20)16-22(19-10-4-1-5-11-19)17-24(25)21-14-8-3-9-15-21/h16-17,19-21H,1-15,18H2. The van der Waals surface area contributed by atoms with E-state index in [0.29, 0.717) is 51.4 Å². The van der Waals surface area contributed by atoms with Gasteiger partial charge in [-0.1, -0.05) is 69.9 Å². The second-order valence-electron chi connectivity index (χ2n) is 13.0. The van der Waals surface area contributed by atoms with Crippen LogP contribution >= 0.6 is 0 Å². The summed E-state index contributed by atoms with van der Waals surface area (Å²) >= 11 is 0. The second kappa shape index (κ2) is 13.8. The van der Waals surface area contributed by atoms with Crippen LogP contribution in [0.2, 0.25) is 0 Å². The Hall–Kier alpha value is -1.76. The average molecular weight is 765 g/mol. The average Bonchev–Trinajstić information content (AvgIpc) is 3.01. The predicted octanol–water partition coefficient (Wildman–Crippen LogP) is 8.67. The van der Waals surface area contributed by atoms with Crippen molar-refractivity contribution in [2.24, 2.45) is 0 Å². The summed E-state index contributed by atoms with van der Waals surface area (Å²) in [5, 5.41) is -18.1. The molecule has 0 spiro atoms. The maximum atomic E-state index is 15.3. The third kappa shape index (κ3) is 7.33. The molecule has 7 nitrogen and oxygen atoms in total. The van der Waals surface area contributed by atoms with Gasteiger partial charge >= 0.3 is 32.1 Å². The van der Waals surface area contributed by atoms with Crippen LogP contribution in [0.1, 0.15) is 131 Å². The van der Waals surface area contributed by atoms with Crippen molar-refractivity contribution in [1.82, 2.24) is 0 Å². The summed E-state index contributed by atoms with van der Waals surface area (Å²) in [6.45, 7) is 0. The van der Waals surface area contributed by atoms with Crippen molar-refractivity contribution in [1.29, 1.82) is 0 Å². The largest absolute Gasteiger partial charge is 0.498 e. The van der Waals surface area contributed by atoms with Crippen molar-refractivity contribution in [3.63, 3.8) is 0 Å². The van der Waals surface area contributed by atoms with Crippen molar-refractivity contribution in [3.8, 4) is 5.75 Å². The topological polar surface area (TPSA) is 112 Å². The maximum Gasteiger partial charge on any atom is 0.498 e. The molecule has 3 fully saturated rings. The van der Waals surface area contributed by atoms with E-state index in [-0.39, 0.29) is 17.0 Å². The third-order valence-electron chi connectivity index (χ3n) is 9.63.